The number of aliphatic hydroxyl groups is 1. The van der Waals surface area contributed by atoms with Gasteiger partial charge in [-0.05, 0) is 43.2 Å². The normalized spacial score (nSPS) is 17.8. The average Bonchev–Trinajstić information content (AvgIpc) is 3.05. The summed E-state index contributed by atoms with van der Waals surface area (Å²) in [5.74, 6) is 1.34. The number of aromatic amines is 1. The summed E-state index contributed by atoms with van der Waals surface area (Å²) in [5, 5.41) is 10.3. The van der Waals surface area contributed by atoms with Gasteiger partial charge in [-0.1, -0.05) is 37.3 Å². The van der Waals surface area contributed by atoms with Gasteiger partial charge in [0.05, 0.1) is 18.0 Å². The van der Waals surface area contributed by atoms with Crippen LogP contribution in [-0.2, 0) is 19.4 Å². The molecule has 1 aliphatic carbocycles. The minimum absolute atomic E-state index is 0.0254. The van der Waals surface area contributed by atoms with Crippen molar-refractivity contribution in [3.05, 3.63) is 62.5 Å². The topological polar surface area (TPSA) is 69.2 Å². The van der Waals surface area contributed by atoms with Crippen LogP contribution >= 0.6 is 11.3 Å². The fraction of sp³-hybridized carbons (Fsp3) is 0.455. The first-order valence-electron chi connectivity index (χ1n) is 10.00. The monoisotopic (exact) mass is 397 g/mol. The number of thiophene rings is 1. The summed E-state index contributed by atoms with van der Waals surface area (Å²) in [6.07, 6.45) is 3.16. The highest BCUT2D eigenvalue weighted by Gasteiger charge is 2.25. The Morgan fingerprint density at radius 2 is 2.14 bits per heavy atom. The van der Waals surface area contributed by atoms with Crippen molar-refractivity contribution in [1.29, 1.82) is 0 Å². The molecule has 6 heteroatoms. The van der Waals surface area contributed by atoms with Gasteiger partial charge in [0.2, 0.25) is 0 Å². The molecule has 1 aliphatic rings. The number of aryl methyl sites for hydroxylation is 1. The molecule has 4 rings (SSSR count). The molecule has 2 heterocycles. The molecule has 0 bridgehead atoms. The second-order valence-electron chi connectivity index (χ2n) is 7.84. The molecule has 148 valence electrons. The zero-order valence-corrected chi connectivity index (χ0v) is 17.3. The maximum absolute atomic E-state index is 12.9. The number of H-pyrrole nitrogens is 1. The maximum atomic E-state index is 12.9. The quantitative estimate of drug-likeness (QED) is 0.666. The predicted octanol–water partition coefficient (Wildman–Crippen LogP) is 3.66. The Kier molecular flexibility index (Phi) is 5.62. The van der Waals surface area contributed by atoms with Gasteiger partial charge in [0.15, 0.2) is 0 Å². The smallest absolute Gasteiger partial charge is 0.259 e. The molecule has 2 unspecified atom stereocenters. The zero-order valence-electron chi connectivity index (χ0n) is 16.4. The molecule has 2 atom stereocenters. The van der Waals surface area contributed by atoms with E-state index in [0.717, 1.165) is 29.5 Å². The number of fused-ring (bicyclic) bond motifs is 3. The lowest BCUT2D eigenvalue weighted by atomic mass is 9.89. The molecule has 0 fully saturated rings. The van der Waals surface area contributed by atoms with Crippen molar-refractivity contribution in [3.63, 3.8) is 0 Å². The van der Waals surface area contributed by atoms with E-state index >= 15 is 0 Å². The van der Waals surface area contributed by atoms with Gasteiger partial charge in [-0.25, -0.2) is 4.98 Å². The summed E-state index contributed by atoms with van der Waals surface area (Å²) < 4.78 is 0. The molecule has 0 amide bonds. The SMILES string of the molecule is CC1CCc2c(sc3nc(C(C)N(CCO)Cc4ccccc4)[nH]c(=O)c23)C1. The lowest BCUT2D eigenvalue weighted by molar-refractivity contribution is 0.147. The average molecular weight is 398 g/mol. The number of nitrogens with zero attached hydrogens (tertiary/aromatic N) is 2. The fourth-order valence-electron chi connectivity index (χ4n) is 4.09. The summed E-state index contributed by atoms with van der Waals surface area (Å²) in [7, 11) is 0. The fourth-order valence-corrected chi connectivity index (χ4v) is 5.48. The number of aromatic nitrogens is 2. The summed E-state index contributed by atoms with van der Waals surface area (Å²) in [6, 6.07) is 10.1. The molecule has 0 spiro atoms. The van der Waals surface area contributed by atoms with Crippen LogP contribution < -0.4 is 5.56 Å². The van der Waals surface area contributed by atoms with Gasteiger partial charge in [0.1, 0.15) is 10.7 Å². The molecule has 2 aromatic heterocycles. The predicted molar refractivity (Wildman–Crippen MR) is 114 cm³/mol. The molecule has 0 saturated carbocycles. The van der Waals surface area contributed by atoms with Crippen LogP contribution in [0.5, 0.6) is 0 Å². The number of hydrogen-bond donors (Lipinski definition) is 2. The highest BCUT2D eigenvalue weighted by Crippen LogP contribution is 2.36. The van der Waals surface area contributed by atoms with Crippen molar-refractivity contribution in [2.75, 3.05) is 13.2 Å². The molecular formula is C22H27N3O2S. The van der Waals surface area contributed by atoms with Crippen LogP contribution in [0.25, 0.3) is 10.2 Å². The van der Waals surface area contributed by atoms with Crippen molar-refractivity contribution in [2.24, 2.45) is 5.92 Å². The van der Waals surface area contributed by atoms with Crippen LogP contribution in [0.4, 0.5) is 0 Å². The third-order valence-corrected chi connectivity index (χ3v) is 6.89. The molecular weight excluding hydrogens is 370 g/mol. The van der Waals surface area contributed by atoms with E-state index in [9.17, 15) is 9.90 Å². The van der Waals surface area contributed by atoms with E-state index in [1.807, 2.05) is 25.1 Å². The highest BCUT2D eigenvalue weighted by atomic mass is 32.1. The maximum Gasteiger partial charge on any atom is 0.259 e. The van der Waals surface area contributed by atoms with Gasteiger partial charge in [-0.3, -0.25) is 9.69 Å². The van der Waals surface area contributed by atoms with Crippen LogP contribution in [0.2, 0.25) is 0 Å². The van der Waals surface area contributed by atoms with Crippen molar-refractivity contribution in [3.8, 4) is 0 Å². The number of rotatable bonds is 6. The van der Waals surface area contributed by atoms with Crippen LogP contribution in [-0.4, -0.2) is 33.1 Å². The third-order valence-electron chi connectivity index (χ3n) is 5.74. The molecule has 1 aromatic carbocycles. The van der Waals surface area contributed by atoms with Gasteiger partial charge in [0, 0.05) is 18.0 Å². The summed E-state index contributed by atoms with van der Waals surface area (Å²) in [5.41, 5.74) is 2.36. The van der Waals surface area contributed by atoms with E-state index < -0.39 is 0 Å². The van der Waals surface area contributed by atoms with Gasteiger partial charge < -0.3 is 10.1 Å². The third kappa shape index (κ3) is 3.77. The number of aliphatic hydroxyl groups excluding tert-OH is 1. The van der Waals surface area contributed by atoms with E-state index in [0.29, 0.717) is 24.8 Å². The van der Waals surface area contributed by atoms with Crippen molar-refractivity contribution >= 4 is 21.6 Å². The molecule has 3 aromatic rings. The zero-order chi connectivity index (χ0) is 19.7. The second-order valence-corrected chi connectivity index (χ2v) is 8.92. The molecule has 0 radical (unpaired) electrons. The standard InChI is InChI=1S/C22H27N3O2S/c1-14-8-9-17-18(12-14)28-22-19(17)21(27)23-20(24-22)15(2)25(10-11-26)13-16-6-4-3-5-7-16/h3-7,14-15,26H,8-13H2,1-2H3,(H,23,24,27). The van der Waals surface area contributed by atoms with Crippen LogP contribution in [0, 0.1) is 5.92 Å². The van der Waals surface area contributed by atoms with E-state index in [-0.39, 0.29) is 18.2 Å². The van der Waals surface area contributed by atoms with Gasteiger partial charge in [-0.15, -0.1) is 11.3 Å². The van der Waals surface area contributed by atoms with Crippen molar-refractivity contribution in [1.82, 2.24) is 14.9 Å². The van der Waals surface area contributed by atoms with E-state index in [1.54, 1.807) is 11.3 Å². The van der Waals surface area contributed by atoms with Crippen LogP contribution in [0.3, 0.4) is 0 Å². The molecule has 2 N–H and O–H groups in total. The summed E-state index contributed by atoms with van der Waals surface area (Å²) in [4.78, 5) is 25.1. The first-order valence-corrected chi connectivity index (χ1v) is 10.8. The first-order chi connectivity index (χ1) is 13.6. The Hall–Kier alpha value is -2.02. The largest absolute Gasteiger partial charge is 0.395 e. The number of hydrogen-bond acceptors (Lipinski definition) is 5. The minimum atomic E-state index is -0.0949. The lowest BCUT2D eigenvalue weighted by Gasteiger charge is -2.27. The number of benzene rings is 1. The van der Waals surface area contributed by atoms with Gasteiger partial charge in [0.25, 0.3) is 5.56 Å². The first kappa shape index (κ1) is 19.3. The molecule has 0 aliphatic heterocycles. The Morgan fingerprint density at radius 3 is 2.89 bits per heavy atom. The molecule has 0 saturated heterocycles. The van der Waals surface area contributed by atoms with Gasteiger partial charge >= 0.3 is 0 Å². The van der Waals surface area contributed by atoms with E-state index in [1.165, 1.54) is 16.0 Å². The Bertz CT molecular complexity index is 1010. The van der Waals surface area contributed by atoms with Crippen molar-refractivity contribution < 1.29 is 5.11 Å². The Balaban J connectivity index is 1.67. The van der Waals surface area contributed by atoms with Crippen LogP contribution in [0.15, 0.2) is 35.1 Å². The van der Waals surface area contributed by atoms with E-state index in [2.05, 4.69) is 28.9 Å². The Morgan fingerprint density at radius 1 is 1.36 bits per heavy atom. The van der Waals surface area contributed by atoms with Gasteiger partial charge in [-0.2, -0.15) is 0 Å². The second kappa shape index (κ2) is 8.15. The molecule has 28 heavy (non-hydrogen) atoms. The van der Waals surface area contributed by atoms with Crippen molar-refractivity contribution in [2.45, 2.75) is 45.7 Å². The summed E-state index contributed by atoms with van der Waals surface area (Å²) in [6.45, 7) is 5.60. The highest BCUT2D eigenvalue weighted by molar-refractivity contribution is 7.18. The summed E-state index contributed by atoms with van der Waals surface area (Å²) >= 11 is 1.68. The minimum Gasteiger partial charge on any atom is -0.395 e. The van der Waals surface area contributed by atoms with E-state index in [4.69, 9.17) is 4.98 Å². The Labute approximate surface area is 169 Å². The number of nitrogens with one attached hydrogen (secondary N) is 1. The lowest BCUT2D eigenvalue weighted by Crippen LogP contribution is -2.31. The van der Waals surface area contributed by atoms with Crippen LogP contribution in [0.1, 0.15) is 48.1 Å². The molecule has 5 nitrogen and oxygen atoms in total.